The van der Waals surface area contributed by atoms with Crippen molar-refractivity contribution in [2.75, 3.05) is 14.2 Å². The molecule has 0 heterocycles. The fourth-order valence-electron chi connectivity index (χ4n) is 1.22. The van der Waals surface area contributed by atoms with Crippen LogP contribution in [0.25, 0.3) is 6.08 Å². The Labute approximate surface area is 93.4 Å². The van der Waals surface area contributed by atoms with Gasteiger partial charge in [0.25, 0.3) is 0 Å². The maximum atomic E-state index is 10.5. The predicted octanol–water partition coefficient (Wildman–Crippen LogP) is 2.34. The number of nitrogens with zero attached hydrogens (tertiary/aromatic N) is 1. The molecule has 0 atom stereocenters. The Morgan fingerprint density at radius 2 is 2.06 bits per heavy atom. The molecule has 0 aliphatic carbocycles. The predicted molar refractivity (Wildman–Crippen MR) is 60.2 cm³/mol. The van der Waals surface area contributed by atoms with Crippen molar-refractivity contribution in [2.45, 2.75) is 6.92 Å². The Balaban J connectivity index is 3.14. The zero-order valence-electron chi connectivity index (χ0n) is 9.39. The Morgan fingerprint density at radius 1 is 1.38 bits per heavy atom. The van der Waals surface area contributed by atoms with Crippen LogP contribution in [0.2, 0.25) is 0 Å². The lowest BCUT2D eigenvalue weighted by Crippen LogP contribution is -1.95. The first-order valence-corrected chi connectivity index (χ1v) is 4.63. The third-order valence-electron chi connectivity index (χ3n) is 2.09. The minimum absolute atomic E-state index is 0.0588. The molecule has 5 nitrogen and oxygen atoms in total. The van der Waals surface area contributed by atoms with E-state index in [2.05, 4.69) is 0 Å². The van der Waals surface area contributed by atoms with Gasteiger partial charge in [0.2, 0.25) is 5.70 Å². The van der Waals surface area contributed by atoms with Crippen LogP contribution in [0, 0.1) is 10.1 Å². The lowest BCUT2D eigenvalue weighted by atomic mass is 10.1. The number of benzene rings is 1. The van der Waals surface area contributed by atoms with Gasteiger partial charge in [-0.25, -0.2) is 0 Å². The molecule has 0 amide bonds. The van der Waals surface area contributed by atoms with Crippen molar-refractivity contribution in [1.29, 1.82) is 0 Å². The van der Waals surface area contributed by atoms with E-state index in [4.69, 9.17) is 9.47 Å². The van der Waals surface area contributed by atoms with Crippen molar-refractivity contribution >= 4 is 6.08 Å². The Bertz CT molecular complexity index is 426. The normalized spacial score (nSPS) is 11.1. The zero-order valence-corrected chi connectivity index (χ0v) is 9.39. The van der Waals surface area contributed by atoms with Crippen LogP contribution in [0.5, 0.6) is 11.5 Å². The smallest absolute Gasteiger partial charge is 0.243 e. The fourth-order valence-corrected chi connectivity index (χ4v) is 1.22. The van der Waals surface area contributed by atoms with Crippen molar-refractivity contribution in [2.24, 2.45) is 0 Å². The second kappa shape index (κ2) is 5.16. The average Bonchev–Trinajstić information content (AvgIpc) is 2.29. The van der Waals surface area contributed by atoms with E-state index in [0.29, 0.717) is 17.1 Å². The first-order valence-electron chi connectivity index (χ1n) is 4.63. The van der Waals surface area contributed by atoms with Gasteiger partial charge >= 0.3 is 0 Å². The lowest BCUT2D eigenvalue weighted by Gasteiger charge is -2.06. The number of allylic oxidation sites excluding steroid dienone is 1. The summed E-state index contributed by atoms with van der Waals surface area (Å²) in [5, 5.41) is 10.5. The molecule has 0 N–H and O–H groups in total. The van der Waals surface area contributed by atoms with Gasteiger partial charge in [-0.15, -0.1) is 0 Å². The number of hydrogen-bond donors (Lipinski definition) is 0. The van der Waals surface area contributed by atoms with Gasteiger partial charge in [-0.05, 0) is 12.1 Å². The van der Waals surface area contributed by atoms with E-state index < -0.39 is 4.92 Å². The van der Waals surface area contributed by atoms with Gasteiger partial charge in [0.15, 0.2) is 0 Å². The average molecular weight is 223 g/mol. The highest BCUT2D eigenvalue weighted by Crippen LogP contribution is 2.26. The molecular formula is C11H13NO4. The minimum Gasteiger partial charge on any atom is -0.497 e. The van der Waals surface area contributed by atoms with Crippen molar-refractivity contribution in [1.82, 2.24) is 0 Å². The van der Waals surface area contributed by atoms with Crippen LogP contribution in [-0.4, -0.2) is 19.1 Å². The molecule has 86 valence electrons. The molecule has 1 aromatic carbocycles. The van der Waals surface area contributed by atoms with Gasteiger partial charge in [0.1, 0.15) is 11.5 Å². The molecule has 0 radical (unpaired) electrons. The van der Waals surface area contributed by atoms with Crippen molar-refractivity contribution in [3.8, 4) is 11.5 Å². The van der Waals surface area contributed by atoms with Gasteiger partial charge in [0, 0.05) is 24.6 Å². The Kier molecular flexibility index (Phi) is 3.88. The second-order valence-corrected chi connectivity index (χ2v) is 3.15. The fraction of sp³-hybridized carbons (Fsp3) is 0.273. The van der Waals surface area contributed by atoms with Gasteiger partial charge < -0.3 is 9.47 Å². The second-order valence-electron chi connectivity index (χ2n) is 3.15. The van der Waals surface area contributed by atoms with Crippen LogP contribution in [-0.2, 0) is 0 Å². The maximum Gasteiger partial charge on any atom is 0.243 e. The van der Waals surface area contributed by atoms with Gasteiger partial charge in [0.05, 0.1) is 19.1 Å². The summed E-state index contributed by atoms with van der Waals surface area (Å²) >= 11 is 0. The van der Waals surface area contributed by atoms with Crippen molar-refractivity contribution in [3.05, 3.63) is 39.6 Å². The molecule has 0 aliphatic rings. The first-order chi connectivity index (χ1) is 7.58. The van der Waals surface area contributed by atoms with E-state index in [-0.39, 0.29) is 5.70 Å². The quantitative estimate of drug-likeness (QED) is 0.580. The molecule has 0 aromatic heterocycles. The standard InChI is InChI=1S/C11H13NO4/c1-8(12(13)14)6-9-4-5-10(15-2)7-11(9)16-3/h4-7H,1-3H3/b8-6+. The molecule has 5 heteroatoms. The number of hydrogen-bond acceptors (Lipinski definition) is 4. The molecular weight excluding hydrogens is 210 g/mol. The molecule has 0 saturated heterocycles. The van der Waals surface area contributed by atoms with Crippen LogP contribution in [0.3, 0.4) is 0 Å². The van der Waals surface area contributed by atoms with Crippen LogP contribution in [0.1, 0.15) is 12.5 Å². The van der Waals surface area contributed by atoms with E-state index in [1.54, 1.807) is 25.3 Å². The lowest BCUT2D eigenvalue weighted by molar-refractivity contribution is -0.422. The largest absolute Gasteiger partial charge is 0.497 e. The zero-order chi connectivity index (χ0) is 12.1. The third-order valence-corrected chi connectivity index (χ3v) is 2.09. The Hall–Kier alpha value is -2.04. The maximum absolute atomic E-state index is 10.5. The van der Waals surface area contributed by atoms with Gasteiger partial charge in [-0.3, -0.25) is 10.1 Å². The molecule has 0 saturated carbocycles. The molecule has 1 aromatic rings. The van der Waals surface area contributed by atoms with Crippen molar-refractivity contribution in [3.63, 3.8) is 0 Å². The van der Waals surface area contributed by atoms with Crippen LogP contribution in [0.4, 0.5) is 0 Å². The first kappa shape index (κ1) is 12.0. The summed E-state index contributed by atoms with van der Waals surface area (Å²) < 4.78 is 10.2. The molecule has 1 rings (SSSR count). The van der Waals surface area contributed by atoms with E-state index in [9.17, 15) is 10.1 Å². The minimum atomic E-state index is -0.441. The van der Waals surface area contributed by atoms with Crippen molar-refractivity contribution < 1.29 is 14.4 Å². The summed E-state index contributed by atoms with van der Waals surface area (Å²) in [4.78, 5) is 10.1. The molecule has 0 spiro atoms. The summed E-state index contributed by atoms with van der Waals surface area (Å²) in [5.41, 5.74) is 0.709. The number of ether oxygens (including phenoxy) is 2. The molecule has 0 fully saturated rings. The topological polar surface area (TPSA) is 61.6 Å². The SMILES string of the molecule is COc1ccc(/C=C(\C)[N+](=O)[O-])c(OC)c1. The number of rotatable bonds is 4. The van der Waals surface area contributed by atoms with E-state index in [1.165, 1.54) is 20.1 Å². The molecule has 16 heavy (non-hydrogen) atoms. The summed E-state index contributed by atoms with van der Waals surface area (Å²) in [7, 11) is 3.06. The highest BCUT2D eigenvalue weighted by molar-refractivity contribution is 5.60. The highest BCUT2D eigenvalue weighted by atomic mass is 16.6. The molecule has 0 unspecified atom stereocenters. The highest BCUT2D eigenvalue weighted by Gasteiger charge is 2.07. The Morgan fingerprint density at radius 3 is 2.56 bits per heavy atom. The van der Waals surface area contributed by atoms with Crippen LogP contribution >= 0.6 is 0 Å². The number of methoxy groups -OCH3 is 2. The van der Waals surface area contributed by atoms with Crippen LogP contribution < -0.4 is 9.47 Å². The van der Waals surface area contributed by atoms with Gasteiger partial charge in [-0.2, -0.15) is 0 Å². The van der Waals surface area contributed by atoms with E-state index in [1.807, 2.05) is 0 Å². The summed E-state index contributed by atoms with van der Waals surface area (Å²) in [6, 6.07) is 5.12. The molecule has 0 bridgehead atoms. The van der Waals surface area contributed by atoms with E-state index >= 15 is 0 Å². The van der Waals surface area contributed by atoms with E-state index in [0.717, 1.165) is 0 Å². The summed E-state index contributed by atoms with van der Waals surface area (Å²) in [6.45, 7) is 1.43. The monoisotopic (exact) mass is 223 g/mol. The summed E-state index contributed by atoms with van der Waals surface area (Å²) in [6.07, 6.45) is 1.46. The van der Waals surface area contributed by atoms with Gasteiger partial charge in [-0.1, -0.05) is 0 Å². The summed E-state index contributed by atoms with van der Waals surface area (Å²) in [5.74, 6) is 1.19. The molecule has 0 aliphatic heterocycles. The third kappa shape index (κ3) is 2.73. The number of nitro groups is 1. The van der Waals surface area contributed by atoms with Crippen LogP contribution in [0.15, 0.2) is 23.9 Å².